The Morgan fingerprint density at radius 3 is 2.23 bits per heavy atom. The lowest BCUT2D eigenvalue weighted by atomic mass is 9.91. The summed E-state index contributed by atoms with van der Waals surface area (Å²) in [5.74, 6) is -0.530. The fraction of sp³-hybridized carbons (Fsp3) is 0.333. The van der Waals surface area contributed by atoms with E-state index < -0.39 is 0 Å². The van der Waals surface area contributed by atoms with E-state index in [0.717, 1.165) is 6.42 Å². The van der Waals surface area contributed by atoms with E-state index >= 15 is 0 Å². The Morgan fingerprint density at radius 2 is 1.55 bits per heavy atom. The first-order valence-corrected chi connectivity index (χ1v) is 13.2. The van der Waals surface area contributed by atoms with Crippen LogP contribution in [0, 0.1) is 16.2 Å². The summed E-state index contributed by atoms with van der Waals surface area (Å²) in [6.45, 7) is 8.41. The Bertz CT molecular complexity index is 1400. The second-order valence-electron chi connectivity index (χ2n) is 11.0. The number of ether oxygens (including phenoxy) is 1. The van der Waals surface area contributed by atoms with Gasteiger partial charge in [0.15, 0.2) is 11.5 Å². The molecule has 1 aromatic heterocycles. The van der Waals surface area contributed by atoms with Crippen molar-refractivity contribution in [1.82, 2.24) is 19.8 Å². The van der Waals surface area contributed by atoms with Crippen molar-refractivity contribution in [2.24, 2.45) is 5.41 Å². The van der Waals surface area contributed by atoms with E-state index in [2.05, 4.69) is 30.7 Å². The molecule has 10 heteroatoms. The van der Waals surface area contributed by atoms with Gasteiger partial charge >= 0.3 is 0 Å². The summed E-state index contributed by atoms with van der Waals surface area (Å²) >= 11 is 0. The lowest BCUT2D eigenvalue weighted by molar-refractivity contribution is -0.132. The normalized spacial score (nSPS) is 13.9. The smallest absolute Gasteiger partial charge is 0.253 e. The van der Waals surface area contributed by atoms with Crippen LogP contribution >= 0.6 is 0 Å². The van der Waals surface area contributed by atoms with Gasteiger partial charge in [0.05, 0.1) is 11.9 Å². The summed E-state index contributed by atoms with van der Waals surface area (Å²) in [5.41, 5.74) is 8.10. The van der Waals surface area contributed by atoms with Gasteiger partial charge in [-0.2, -0.15) is 0 Å². The molecule has 1 aliphatic rings. The van der Waals surface area contributed by atoms with Crippen molar-refractivity contribution in [3.63, 3.8) is 0 Å². The molecule has 0 saturated carbocycles. The number of hydrogen-bond donors (Lipinski definition) is 3. The number of rotatable bonds is 5. The van der Waals surface area contributed by atoms with Crippen molar-refractivity contribution in [2.75, 3.05) is 31.9 Å². The molecule has 0 atom stereocenters. The lowest BCUT2D eigenvalue weighted by Crippen LogP contribution is -2.38. The molecule has 1 saturated heterocycles. The van der Waals surface area contributed by atoms with E-state index in [1.54, 1.807) is 53.4 Å². The summed E-state index contributed by atoms with van der Waals surface area (Å²) in [6.07, 6.45) is 2.71. The van der Waals surface area contributed by atoms with Gasteiger partial charge in [-0.15, -0.1) is 0 Å². The molecule has 2 heterocycles. The summed E-state index contributed by atoms with van der Waals surface area (Å²) in [5, 5.41) is 16.4. The molecule has 2 amide bonds. The van der Waals surface area contributed by atoms with E-state index in [1.807, 2.05) is 11.0 Å². The van der Waals surface area contributed by atoms with Crippen LogP contribution in [0.4, 0.5) is 5.82 Å². The summed E-state index contributed by atoms with van der Waals surface area (Å²) in [7, 11) is 0. The molecule has 0 bridgehead atoms. The number of benzene rings is 2. The first kappa shape index (κ1) is 28.4. The second kappa shape index (κ2) is 12.1. The number of anilines is 1. The fourth-order valence-electron chi connectivity index (χ4n) is 4.41. The summed E-state index contributed by atoms with van der Waals surface area (Å²) < 4.78 is 5.38. The highest BCUT2D eigenvalue weighted by molar-refractivity contribution is 6.05. The highest BCUT2D eigenvalue weighted by atomic mass is 16.5. The van der Waals surface area contributed by atoms with Gasteiger partial charge in [0.1, 0.15) is 0 Å². The maximum Gasteiger partial charge on any atom is 0.253 e. The maximum absolute atomic E-state index is 13.2. The summed E-state index contributed by atoms with van der Waals surface area (Å²) in [4.78, 5) is 38.2. The van der Waals surface area contributed by atoms with Crippen LogP contribution in [0.1, 0.15) is 55.2 Å². The number of carbonyl (C=O) groups is 2. The predicted octanol–water partition coefficient (Wildman–Crippen LogP) is 4.20. The van der Waals surface area contributed by atoms with Gasteiger partial charge in [0.25, 0.3) is 5.91 Å². The highest BCUT2D eigenvalue weighted by Crippen LogP contribution is 2.22. The molecular formula is C30H35N7O3. The number of amides is 2. The third-order valence-corrected chi connectivity index (χ3v) is 6.50. The number of aromatic nitrogens is 2. The van der Waals surface area contributed by atoms with Crippen LogP contribution in [0.25, 0.3) is 11.3 Å². The molecule has 4 N–H and O–H groups in total. The number of nitrogens with one attached hydrogen (secondary N) is 2. The van der Waals surface area contributed by atoms with Crippen LogP contribution < -0.4 is 5.73 Å². The van der Waals surface area contributed by atoms with Gasteiger partial charge in [-0.3, -0.25) is 20.4 Å². The lowest BCUT2D eigenvalue weighted by Gasteiger charge is -2.25. The Balaban J connectivity index is 1.42. The predicted molar refractivity (Wildman–Crippen MR) is 154 cm³/mol. The van der Waals surface area contributed by atoms with Crippen LogP contribution in [-0.4, -0.2) is 69.6 Å². The van der Waals surface area contributed by atoms with Crippen molar-refractivity contribution >= 4 is 29.4 Å². The van der Waals surface area contributed by atoms with Crippen LogP contribution in [0.15, 0.2) is 60.8 Å². The maximum atomic E-state index is 13.2. The molecule has 1 aliphatic heterocycles. The van der Waals surface area contributed by atoms with Crippen molar-refractivity contribution in [2.45, 2.75) is 33.6 Å². The topological polar surface area (TPSA) is 149 Å². The Morgan fingerprint density at radius 1 is 0.900 bits per heavy atom. The van der Waals surface area contributed by atoms with E-state index in [1.165, 1.54) is 6.20 Å². The van der Waals surface area contributed by atoms with E-state index in [0.29, 0.717) is 55.0 Å². The van der Waals surface area contributed by atoms with Crippen LogP contribution in [-0.2, 0) is 9.53 Å². The average Bonchev–Trinajstić information content (AvgIpc) is 3.19. The molecule has 40 heavy (non-hydrogen) atoms. The Labute approximate surface area is 234 Å². The van der Waals surface area contributed by atoms with Crippen LogP contribution in [0.5, 0.6) is 0 Å². The molecule has 2 aromatic carbocycles. The molecule has 4 rings (SSSR count). The molecule has 208 valence electrons. The Hall–Kier alpha value is -4.60. The third-order valence-electron chi connectivity index (χ3n) is 6.50. The fourth-order valence-corrected chi connectivity index (χ4v) is 4.41. The SMILES string of the molecule is CC(C)(C)CC(=O)N1CCCN(C(=O)c2ccc(-c3cnc(N)c(C(=N)OC(=N)c4ccccc4)n3)cc2)CC1. The molecule has 0 radical (unpaired) electrons. The standard InChI is InChI=1S/C30H35N7O3/c1-30(2,3)18-24(38)36-14-7-15-37(17-16-36)29(39)22-12-10-20(11-13-22)23-19-34-26(31)25(35-23)28(33)40-27(32)21-8-5-4-6-9-21/h4-6,8-13,19,32-33H,7,14-18H2,1-3H3,(H2,31,34). The van der Waals surface area contributed by atoms with Crippen LogP contribution in [0.3, 0.4) is 0 Å². The zero-order chi connectivity index (χ0) is 28.9. The van der Waals surface area contributed by atoms with Gasteiger partial charge in [0, 0.05) is 49.3 Å². The minimum absolute atomic E-state index is 0.0117. The number of carbonyl (C=O) groups excluding carboxylic acids is 2. The van der Waals surface area contributed by atoms with Crippen molar-refractivity contribution in [1.29, 1.82) is 10.8 Å². The van der Waals surface area contributed by atoms with Gasteiger partial charge < -0.3 is 20.3 Å². The molecular weight excluding hydrogens is 506 g/mol. The summed E-state index contributed by atoms with van der Waals surface area (Å²) in [6, 6.07) is 15.8. The van der Waals surface area contributed by atoms with E-state index in [-0.39, 0.29) is 40.5 Å². The van der Waals surface area contributed by atoms with Crippen molar-refractivity contribution in [3.05, 3.63) is 77.6 Å². The minimum atomic E-state index is -0.385. The first-order chi connectivity index (χ1) is 19.0. The van der Waals surface area contributed by atoms with Gasteiger partial charge in [-0.05, 0) is 36.1 Å². The van der Waals surface area contributed by atoms with Crippen LogP contribution in [0.2, 0.25) is 0 Å². The number of nitrogens with two attached hydrogens (primary N) is 1. The number of nitrogens with zero attached hydrogens (tertiary/aromatic N) is 4. The molecule has 10 nitrogen and oxygen atoms in total. The van der Waals surface area contributed by atoms with Gasteiger partial charge in [0.2, 0.25) is 17.7 Å². The van der Waals surface area contributed by atoms with Gasteiger partial charge in [-0.1, -0.05) is 51.1 Å². The van der Waals surface area contributed by atoms with Crippen molar-refractivity contribution in [3.8, 4) is 11.3 Å². The quantitative estimate of drug-likeness (QED) is 0.325. The first-order valence-electron chi connectivity index (χ1n) is 13.2. The van der Waals surface area contributed by atoms with E-state index in [4.69, 9.17) is 21.3 Å². The minimum Gasteiger partial charge on any atom is -0.419 e. The zero-order valence-electron chi connectivity index (χ0n) is 23.1. The molecule has 3 aromatic rings. The number of nitrogen functional groups attached to an aromatic ring is 1. The molecule has 1 fully saturated rings. The molecule has 0 unspecified atom stereocenters. The Kier molecular flexibility index (Phi) is 8.57. The molecule has 0 spiro atoms. The monoisotopic (exact) mass is 541 g/mol. The third kappa shape index (κ3) is 7.07. The van der Waals surface area contributed by atoms with Gasteiger partial charge in [-0.25, -0.2) is 9.97 Å². The number of hydrogen-bond acceptors (Lipinski definition) is 8. The van der Waals surface area contributed by atoms with Crippen molar-refractivity contribution < 1.29 is 14.3 Å². The second-order valence-corrected chi connectivity index (χ2v) is 11.0. The largest absolute Gasteiger partial charge is 0.419 e. The highest BCUT2D eigenvalue weighted by Gasteiger charge is 2.25. The van der Waals surface area contributed by atoms with E-state index in [9.17, 15) is 9.59 Å². The molecule has 0 aliphatic carbocycles. The average molecular weight is 542 g/mol. The zero-order valence-corrected chi connectivity index (χ0v) is 23.1.